The zero-order valence-corrected chi connectivity index (χ0v) is 18.1. The van der Waals surface area contributed by atoms with Crippen LogP contribution in [0.5, 0.6) is 5.75 Å². The molecule has 8 heteroatoms. The van der Waals surface area contributed by atoms with Crippen LogP contribution in [0.3, 0.4) is 0 Å². The Kier molecular flexibility index (Phi) is 6.85. The van der Waals surface area contributed by atoms with Crippen molar-refractivity contribution in [3.8, 4) is 5.75 Å². The van der Waals surface area contributed by atoms with E-state index in [1.54, 1.807) is 26.0 Å². The largest absolute Gasteiger partial charge is 0.481 e. The van der Waals surface area contributed by atoms with Gasteiger partial charge in [0.05, 0.1) is 17.6 Å². The summed E-state index contributed by atoms with van der Waals surface area (Å²) in [5, 5.41) is 3.59. The average Bonchev–Trinajstić information content (AvgIpc) is 2.95. The summed E-state index contributed by atoms with van der Waals surface area (Å²) in [7, 11) is 1.25. The summed E-state index contributed by atoms with van der Waals surface area (Å²) in [4.78, 5) is 36.9. The number of aryl methyl sites for hydroxylation is 2. The summed E-state index contributed by atoms with van der Waals surface area (Å²) in [6.45, 7) is 8.36. The number of carbonyl (C=O) groups excluding carboxylic acids is 3. The van der Waals surface area contributed by atoms with E-state index < -0.39 is 18.0 Å². The Balaban J connectivity index is 2.25. The van der Waals surface area contributed by atoms with Gasteiger partial charge in [0.2, 0.25) is 0 Å². The molecule has 0 saturated carbocycles. The Bertz CT molecular complexity index is 927. The second-order valence-corrected chi connectivity index (χ2v) is 7.83. The van der Waals surface area contributed by atoms with Gasteiger partial charge in [0.15, 0.2) is 11.9 Å². The molecule has 1 N–H and O–H groups in total. The molecule has 1 amide bonds. The monoisotopic (exact) mass is 423 g/mol. The lowest BCUT2D eigenvalue weighted by atomic mass is 10.1. The van der Waals surface area contributed by atoms with Crippen molar-refractivity contribution in [3.05, 3.63) is 44.3 Å². The van der Waals surface area contributed by atoms with E-state index in [9.17, 15) is 14.4 Å². The van der Waals surface area contributed by atoms with Crippen LogP contribution in [-0.4, -0.2) is 30.9 Å². The topological polar surface area (TPSA) is 81.7 Å². The zero-order chi connectivity index (χ0) is 21.2. The molecular weight excluding hydrogens is 402 g/mol. The van der Waals surface area contributed by atoms with Crippen LogP contribution in [0.4, 0.5) is 5.00 Å². The summed E-state index contributed by atoms with van der Waals surface area (Å²) >= 11 is 7.20. The van der Waals surface area contributed by atoms with E-state index in [1.807, 2.05) is 13.8 Å². The van der Waals surface area contributed by atoms with E-state index in [0.29, 0.717) is 21.2 Å². The number of anilines is 1. The molecule has 0 aliphatic carbocycles. The first-order chi connectivity index (χ1) is 13.1. The quantitative estimate of drug-likeness (QED) is 0.536. The molecule has 0 spiro atoms. The predicted molar refractivity (Wildman–Crippen MR) is 110 cm³/mol. The first-order valence-corrected chi connectivity index (χ1v) is 9.73. The highest BCUT2D eigenvalue weighted by Gasteiger charge is 2.26. The summed E-state index contributed by atoms with van der Waals surface area (Å²) in [5.41, 5.74) is 2.35. The third kappa shape index (κ3) is 4.54. The fourth-order valence-corrected chi connectivity index (χ4v) is 3.93. The van der Waals surface area contributed by atoms with Crippen LogP contribution in [0.25, 0.3) is 0 Å². The number of methoxy groups -OCH3 is 1. The van der Waals surface area contributed by atoms with Crippen molar-refractivity contribution in [2.24, 2.45) is 0 Å². The lowest BCUT2D eigenvalue weighted by Crippen LogP contribution is -2.30. The van der Waals surface area contributed by atoms with Crippen LogP contribution in [0, 0.1) is 20.8 Å². The Labute approximate surface area is 172 Å². The predicted octanol–water partition coefficient (Wildman–Crippen LogP) is 4.72. The average molecular weight is 424 g/mol. The minimum absolute atomic E-state index is 0.177. The number of benzene rings is 1. The standard InChI is InChI=1S/C20H22ClNO5S/c1-9-7-14(8-10(2)16(9)21)27-13(5)18(24)22-19-15(20(25)26-6)11(3)17(28-19)12(4)23/h7-8,13H,1-6H3,(H,22,24)/t13-/m0/s1. The van der Waals surface area contributed by atoms with Crippen LogP contribution >= 0.6 is 22.9 Å². The van der Waals surface area contributed by atoms with Crippen molar-refractivity contribution in [3.63, 3.8) is 0 Å². The van der Waals surface area contributed by atoms with Crippen molar-refractivity contribution in [2.75, 3.05) is 12.4 Å². The molecular formula is C20H22ClNO5S. The number of rotatable bonds is 6. The molecule has 6 nitrogen and oxygen atoms in total. The molecule has 1 atom stereocenters. The Morgan fingerprint density at radius 3 is 2.21 bits per heavy atom. The normalized spacial score (nSPS) is 11.7. The lowest BCUT2D eigenvalue weighted by molar-refractivity contribution is -0.122. The highest BCUT2D eigenvalue weighted by atomic mass is 35.5. The van der Waals surface area contributed by atoms with E-state index in [2.05, 4.69) is 5.32 Å². The third-order valence-corrected chi connectivity index (χ3v) is 6.09. The van der Waals surface area contributed by atoms with E-state index in [-0.39, 0.29) is 16.3 Å². The van der Waals surface area contributed by atoms with Gasteiger partial charge in [-0.05, 0) is 63.4 Å². The van der Waals surface area contributed by atoms with E-state index >= 15 is 0 Å². The molecule has 28 heavy (non-hydrogen) atoms. The maximum absolute atomic E-state index is 12.6. The smallest absolute Gasteiger partial charge is 0.341 e. The van der Waals surface area contributed by atoms with E-state index in [4.69, 9.17) is 21.1 Å². The summed E-state index contributed by atoms with van der Waals surface area (Å²) in [6.07, 6.45) is -0.839. The van der Waals surface area contributed by atoms with Crippen LogP contribution in [0.2, 0.25) is 5.02 Å². The van der Waals surface area contributed by atoms with Crippen molar-refractivity contribution >= 4 is 45.6 Å². The molecule has 0 saturated heterocycles. The Morgan fingerprint density at radius 2 is 1.71 bits per heavy atom. The fraction of sp³-hybridized carbons (Fsp3) is 0.350. The highest BCUT2D eigenvalue weighted by molar-refractivity contribution is 7.18. The molecule has 0 aliphatic heterocycles. The maximum Gasteiger partial charge on any atom is 0.341 e. The number of halogens is 1. The molecule has 150 valence electrons. The Hall–Kier alpha value is -2.38. The molecule has 1 aromatic heterocycles. The van der Waals surface area contributed by atoms with Gasteiger partial charge < -0.3 is 14.8 Å². The van der Waals surface area contributed by atoms with Gasteiger partial charge in [-0.1, -0.05) is 11.6 Å². The number of ether oxygens (including phenoxy) is 2. The number of ketones is 1. The third-order valence-electron chi connectivity index (χ3n) is 4.18. The summed E-state index contributed by atoms with van der Waals surface area (Å²) in [6, 6.07) is 3.50. The van der Waals surface area contributed by atoms with Gasteiger partial charge in [-0.15, -0.1) is 11.3 Å². The maximum atomic E-state index is 12.6. The molecule has 0 radical (unpaired) electrons. The number of carbonyl (C=O) groups is 3. The second-order valence-electron chi connectivity index (χ2n) is 6.43. The van der Waals surface area contributed by atoms with Crippen molar-refractivity contribution < 1.29 is 23.9 Å². The molecule has 0 unspecified atom stereocenters. The number of hydrogen-bond donors (Lipinski definition) is 1. The van der Waals surface area contributed by atoms with Crippen molar-refractivity contribution in [1.82, 2.24) is 0 Å². The molecule has 0 fully saturated rings. The van der Waals surface area contributed by atoms with Gasteiger partial charge in [0, 0.05) is 5.02 Å². The number of esters is 1. The summed E-state index contributed by atoms with van der Waals surface area (Å²) < 4.78 is 10.5. The number of Topliss-reactive ketones (excluding diaryl/α,β-unsaturated/α-hetero) is 1. The molecule has 0 bridgehead atoms. The molecule has 1 heterocycles. The number of amides is 1. The van der Waals surface area contributed by atoms with E-state index in [0.717, 1.165) is 22.5 Å². The molecule has 0 aliphatic rings. The first-order valence-electron chi connectivity index (χ1n) is 8.53. The van der Waals surface area contributed by atoms with Crippen LogP contribution in [-0.2, 0) is 9.53 Å². The van der Waals surface area contributed by atoms with Crippen molar-refractivity contribution in [1.29, 1.82) is 0 Å². The number of hydrogen-bond acceptors (Lipinski definition) is 6. The summed E-state index contributed by atoms with van der Waals surface area (Å²) in [5.74, 6) is -0.743. The van der Waals surface area contributed by atoms with Crippen molar-refractivity contribution in [2.45, 2.75) is 40.7 Å². The lowest BCUT2D eigenvalue weighted by Gasteiger charge is -2.16. The van der Waals surface area contributed by atoms with Gasteiger partial charge in [0.1, 0.15) is 10.8 Å². The highest BCUT2D eigenvalue weighted by Crippen LogP contribution is 2.34. The van der Waals surface area contributed by atoms with Gasteiger partial charge in [0.25, 0.3) is 5.91 Å². The Morgan fingerprint density at radius 1 is 1.14 bits per heavy atom. The minimum Gasteiger partial charge on any atom is -0.481 e. The fourth-order valence-electron chi connectivity index (χ4n) is 2.73. The van der Waals surface area contributed by atoms with Gasteiger partial charge >= 0.3 is 5.97 Å². The SMILES string of the molecule is COC(=O)c1c(NC(=O)[C@H](C)Oc2cc(C)c(Cl)c(C)c2)sc(C(C)=O)c1C. The van der Waals surface area contributed by atoms with E-state index in [1.165, 1.54) is 14.0 Å². The minimum atomic E-state index is -0.839. The molecule has 2 rings (SSSR count). The second kappa shape index (κ2) is 8.75. The van der Waals surface area contributed by atoms with Gasteiger partial charge in [-0.25, -0.2) is 4.79 Å². The van der Waals surface area contributed by atoms with Crippen LogP contribution in [0.15, 0.2) is 12.1 Å². The number of thiophene rings is 1. The molecule has 1 aromatic carbocycles. The van der Waals surface area contributed by atoms with Gasteiger partial charge in [-0.3, -0.25) is 9.59 Å². The number of nitrogens with one attached hydrogen (secondary N) is 1. The van der Waals surface area contributed by atoms with Gasteiger partial charge in [-0.2, -0.15) is 0 Å². The first kappa shape index (κ1) is 21.9. The zero-order valence-electron chi connectivity index (χ0n) is 16.6. The van der Waals surface area contributed by atoms with Crippen LogP contribution in [0.1, 0.15) is 50.6 Å². The molecule has 2 aromatic rings. The van der Waals surface area contributed by atoms with Crippen LogP contribution < -0.4 is 10.1 Å².